The van der Waals surface area contributed by atoms with Gasteiger partial charge in [-0.05, 0) is 24.1 Å². The predicted octanol–water partition coefficient (Wildman–Crippen LogP) is 1.79. The van der Waals surface area contributed by atoms with Crippen molar-refractivity contribution >= 4 is 17.9 Å². The van der Waals surface area contributed by atoms with Crippen LogP contribution in [0.5, 0.6) is 0 Å². The summed E-state index contributed by atoms with van der Waals surface area (Å²) in [4.78, 5) is 27.6. The van der Waals surface area contributed by atoms with Crippen LogP contribution in [0.15, 0.2) is 30.5 Å². The van der Waals surface area contributed by atoms with Crippen LogP contribution in [0.4, 0.5) is 0 Å². The second kappa shape index (κ2) is 7.22. The van der Waals surface area contributed by atoms with Crippen molar-refractivity contribution < 1.29 is 14.7 Å². The standard InChI is InChI=1S/C17H22N2O3/c1-3-18(10-11-20)17(22)12-16-15-7-5-4-6-14(15)8-9-19(16)13(2)21/h4-9,16,20H,3,10-12H2,1-2H3. The third kappa shape index (κ3) is 3.36. The van der Waals surface area contributed by atoms with E-state index < -0.39 is 0 Å². The van der Waals surface area contributed by atoms with E-state index in [1.807, 2.05) is 37.3 Å². The van der Waals surface area contributed by atoms with Gasteiger partial charge in [-0.25, -0.2) is 0 Å². The number of likely N-dealkylation sites (N-methyl/N-ethyl adjacent to an activating group) is 1. The van der Waals surface area contributed by atoms with Gasteiger partial charge in [-0.1, -0.05) is 24.3 Å². The van der Waals surface area contributed by atoms with Crippen molar-refractivity contribution in [1.82, 2.24) is 9.80 Å². The summed E-state index contributed by atoms with van der Waals surface area (Å²) in [5.74, 6) is -0.147. The van der Waals surface area contributed by atoms with E-state index >= 15 is 0 Å². The monoisotopic (exact) mass is 302 g/mol. The number of rotatable bonds is 5. The molecule has 1 unspecified atom stereocenters. The third-order valence-electron chi connectivity index (χ3n) is 3.94. The quantitative estimate of drug-likeness (QED) is 0.902. The highest BCUT2D eigenvalue weighted by atomic mass is 16.3. The van der Waals surface area contributed by atoms with Gasteiger partial charge >= 0.3 is 0 Å². The van der Waals surface area contributed by atoms with Gasteiger partial charge in [0.05, 0.1) is 19.1 Å². The number of carbonyl (C=O) groups excluding carboxylic acids is 2. The average molecular weight is 302 g/mol. The van der Waals surface area contributed by atoms with E-state index in [9.17, 15) is 9.59 Å². The lowest BCUT2D eigenvalue weighted by Crippen LogP contribution is -2.38. The molecule has 1 aliphatic heterocycles. The summed E-state index contributed by atoms with van der Waals surface area (Å²) < 4.78 is 0. The zero-order valence-electron chi connectivity index (χ0n) is 13.0. The molecule has 1 heterocycles. The van der Waals surface area contributed by atoms with Gasteiger partial charge in [0.1, 0.15) is 0 Å². The molecule has 5 nitrogen and oxygen atoms in total. The van der Waals surface area contributed by atoms with Gasteiger partial charge in [0.2, 0.25) is 11.8 Å². The van der Waals surface area contributed by atoms with Gasteiger partial charge < -0.3 is 14.9 Å². The summed E-state index contributed by atoms with van der Waals surface area (Å²) in [6, 6.07) is 7.49. The number of hydrogen-bond acceptors (Lipinski definition) is 3. The first kappa shape index (κ1) is 16.2. The van der Waals surface area contributed by atoms with Crippen LogP contribution in [0.3, 0.4) is 0 Å². The van der Waals surface area contributed by atoms with Crippen molar-refractivity contribution in [2.24, 2.45) is 0 Å². The van der Waals surface area contributed by atoms with Crippen molar-refractivity contribution in [3.8, 4) is 0 Å². The number of hydrogen-bond donors (Lipinski definition) is 1. The topological polar surface area (TPSA) is 60.9 Å². The first-order valence-corrected chi connectivity index (χ1v) is 7.53. The SMILES string of the molecule is CCN(CCO)C(=O)CC1c2ccccc2C=CN1C(C)=O. The molecule has 118 valence electrons. The van der Waals surface area contributed by atoms with E-state index in [0.717, 1.165) is 11.1 Å². The Kier molecular flexibility index (Phi) is 5.33. The van der Waals surface area contributed by atoms with Gasteiger partial charge in [-0.2, -0.15) is 0 Å². The Balaban J connectivity index is 2.27. The van der Waals surface area contributed by atoms with E-state index in [4.69, 9.17) is 5.11 Å². The lowest BCUT2D eigenvalue weighted by atomic mass is 9.93. The largest absolute Gasteiger partial charge is 0.395 e. The van der Waals surface area contributed by atoms with Crippen LogP contribution in [-0.2, 0) is 9.59 Å². The van der Waals surface area contributed by atoms with Crippen molar-refractivity contribution in [2.75, 3.05) is 19.7 Å². The molecule has 1 aromatic rings. The molecule has 0 aromatic heterocycles. The fourth-order valence-electron chi connectivity index (χ4n) is 2.79. The number of fused-ring (bicyclic) bond motifs is 1. The smallest absolute Gasteiger partial charge is 0.225 e. The summed E-state index contributed by atoms with van der Waals surface area (Å²) in [6.07, 6.45) is 3.85. The van der Waals surface area contributed by atoms with E-state index in [-0.39, 0.29) is 30.9 Å². The van der Waals surface area contributed by atoms with Crippen LogP contribution < -0.4 is 0 Å². The molecule has 1 atom stereocenters. The number of carbonyl (C=O) groups is 2. The molecule has 1 aromatic carbocycles. The maximum atomic E-state index is 12.5. The summed E-state index contributed by atoms with van der Waals surface area (Å²) in [6.45, 7) is 4.19. The zero-order valence-corrected chi connectivity index (χ0v) is 13.0. The molecule has 2 rings (SSSR count). The summed E-state index contributed by atoms with van der Waals surface area (Å²) in [7, 11) is 0. The second-order valence-electron chi connectivity index (χ2n) is 5.29. The number of aliphatic hydroxyl groups is 1. The average Bonchev–Trinajstić information content (AvgIpc) is 2.52. The van der Waals surface area contributed by atoms with Crippen molar-refractivity contribution in [3.05, 3.63) is 41.6 Å². The lowest BCUT2D eigenvalue weighted by Gasteiger charge is -2.33. The fraction of sp³-hybridized carbons (Fsp3) is 0.412. The Bertz CT molecular complexity index is 583. The van der Waals surface area contributed by atoms with Gasteiger partial charge in [-0.3, -0.25) is 9.59 Å². The Labute approximate surface area is 130 Å². The van der Waals surface area contributed by atoms with E-state index in [1.165, 1.54) is 6.92 Å². The molecule has 0 saturated carbocycles. The fourth-order valence-corrected chi connectivity index (χ4v) is 2.79. The minimum absolute atomic E-state index is 0.0575. The van der Waals surface area contributed by atoms with Crippen LogP contribution in [0.1, 0.15) is 37.4 Å². The zero-order chi connectivity index (χ0) is 16.1. The summed E-state index contributed by atoms with van der Waals surface area (Å²) in [5.41, 5.74) is 2.01. The molecule has 22 heavy (non-hydrogen) atoms. The first-order valence-electron chi connectivity index (χ1n) is 7.53. The maximum absolute atomic E-state index is 12.5. The Morgan fingerprint density at radius 1 is 1.32 bits per heavy atom. The van der Waals surface area contributed by atoms with Gasteiger partial charge in [-0.15, -0.1) is 0 Å². The van der Waals surface area contributed by atoms with E-state index in [0.29, 0.717) is 13.1 Å². The number of nitrogens with zero attached hydrogens (tertiary/aromatic N) is 2. The Hall–Kier alpha value is -2.14. The van der Waals surface area contributed by atoms with Gasteiger partial charge in [0.25, 0.3) is 0 Å². The molecule has 5 heteroatoms. The van der Waals surface area contributed by atoms with Gasteiger partial charge in [0, 0.05) is 26.2 Å². The predicted molar refractivity (Wildman–Crippen MR) is 84.7 cm³/mol. The molecule has 2 amide bonds. The molecule has 0 bridgehead atoms. The highest BCUT2D eigenvalue weighted by Gasteiger charge is 2.29. The van der Waals surface area contributed by atoms with Crippen molar-refractivity contribution in [3.63, 3.8) is 0 Å². The molecule has 0 radical (unpaired) electrons. The first-order chi connectivity index (χ1) is 10.6. The van der Waals surface area contributed by atoms with Crippen molar-refractivity contribution in [2.45, 2.75) is 26.3 Å². The number of aliphatic hydroxyl groups excluding tert-OH is 1. The third-order valence-corrected chi connectivity index (χ3v) is 3.94. The minimum atomic E-state index is -0.293. The highest BCUT2D eigenvalue weighted by Crippen LogP contribution is 2.33. The Morgan fingerprint density at radius 2 is 2.05 bits per heavy atom. The minimum Gasteiger partial charge on any atom is -0.395 e. The molecule has 0 spiro atoms. The number of amides is 2. The van der Waals surface area contributed by atoms with Crippen LogP contribution in [0.25, 0.3) is 6.08 Å². The van der Waals surface area contributed by atoms with E-state index in [1.54, 1.807) is 16.0 Å². The highest BCUT2D eigenvalue weighted by molar-refractivity contribution is 5.81. The molecule has 0 fully saturated rings. The van der Waals surface area contributed by atoms with Crippen molar-refractivity contribution in [1.29, 1.82) is 0 Å². The molecule has 1 aliphatic rings. The summed E-state index contributed by atoms with van der Waals surface area (Å²) >= 11 is 0. The van der Waals surface area contributed by atoms with Gasteiger partial charge in [0.15, 0.2) is 0 Å². The molecular weight excluding hydrogens is 280 g/mol. The second-order valence-corrected chi connectivity index (χ2v) is 5.29. The normalized spacial score (nSPS) is 16.3. The van der Waals surface area contributed by atoms with E-state index in [2.05, 4.69) is 0 Å². The molecular formula is C17H22N2O3. The van der Waals surface area contributed by atoms with Crippen LogP contribution in [0, 0.1) is 0 Å². The maximum Gasteiger partial charge on any atom is 0.225 e. The molecule has 1 N–H and O–H groups in total. The summed E-state index contributed by atoms with van der Waals surface area (Å²) in [5, 5.41) is 9.05. The van der Waals surface area contributed by atoms with Crippen LogP contribution in [-0.4, -0.2) is 46.4 Å². The number of benzene rings is 1. The molecule has 0 aliphatic carbocycles. The Morgan fingerprint density at radius 3 is 2.68 bits per heavy atom. The lowest BCUT2D eigenvalue weighted by molar-refractivity contribution is -0.134. The van der Waals surface area contributed by atoms with Crippen LogP contribution >= 0.6 is 0 Å². The molecule has 0 saturated heterocycles. The van der Waals surface area contributed by atoms with Crippen LogP contribution in [0.2, 0.25) is 0 Å².